The van der Waals surface area contributed by atoms with Gasteiger partial charge in [0.25, 0.3) is 5.56 Å². The molecule has 0 bridgehead atoms. The molecule has 0 saturated carbocycles. The van der Waals surface area contributed by atoms with Crippen molar-refractivity contribution in [1.82, 2.24) is 14.9 Å². The first-order valence-corrected chi connectivity index (χ1v) is 12.1. The quantitative estimate of drug-likeness (QED) is 0.364. The fourth-order valence-corrected chi connectivity index (χ4v) is 4.92. The number of rotatable bonds is 8. The lowest BCUT2D eigenvalue weighted by Crippen LogP contribution is -2.33. The molecule has 0 aliphatic rings. The SMILES string of the molecule is CC(C)Cn1c(SC(C)C(=O)NCCc2cccs2)nc2ccc(Br)cc2c1=O. The van der Waals surface area contributed by atoms with E-state index in [2.05, 4.69) is 41.2 Å². The molecule has 5 nitrogen and oxygen atoms in total. The zero-order valence-electron chi connectivity index (χ0n) is 16.6. The van der Waals surface area contributed by atoms with E-state index in [-0.39, 0.29) is 22.6 Å². The Balaban J connectivity index is 1.79. The van der Waals surface area contributed by atoms with Gasteiger partial charge >= 0.3 is 0 Å². The Labute approximate surface area is 187 Å². The zero-order chi connectivity index (χ0) is 21.0. The normalized spacial score (nSPS) is 12.4. The van der Waals surface area contributed by atoms with Crippen LogP contribution in [-0.2, 0) is 17.8 Å². The Morgan fingerprint density at radius 1 is 1.31 bits per heavy atom. The van der Waals surface area contributed by atoms with Crippen molar-refractivity contribution in [3.63, 3.8) is 0 Å². The van der Waals surface area contributed by atoms with E-state index in [1.165, 1.54) is 16.6 Å². The molecule has 29 heavy (non-hydrogen) atoms. The highest BCUT2D eigenvalue weighted by Gasteiger charge is 2.20. The molecule has 2 aromatic heterocycles. The molecule has 2 heterocycles. The molecule has 0 radical (unpaired) electrons. The number of hydrogen-bond donors (Lipinski definition) is 1. The fourth-order valence-electron chi connectivity index (χ4n) is 2.91. The topological polar surface area (TPSA) is 64.0 Å². The van der Waals surface area contributed by atoms with Crippen LogP contribution in [-0.4, -0.2) is 27.3 Å². The average molecular weight is 494 g/mol. The van der Waals surface area contributed by atoms with Gasteiger partial charge in [-0.15, -0.1) is 11.3 Å². The van der Waals surface area contributed by atoms with Gasteiger partial charge in [0.1, 0.15) is 0 Å². The smallest absolute Gasteiger partial charge is 0.262 e. The number of carbonyl (C=O) groups excluding carboxylic acids is 1. The Bertz CT molecular complexity index is 1050. The van der Waals surface area contributed by atoms with Crippen LogP contribution in [0.15, 0.2) is 50.1 Å². The lowest BCUT2D eigenvalue weighted by Gasteiger charge is -2.17. The van der Waals surface area contributed by atoms with Crippen LogP contribution in [0, 0.1) is 5.92 Å². The van der Waals surface area contributed by atoms with Crippen LogP contribution in [0.3, 0.4) is 0 Å². The number of carbonyl (C=O) groups is 1. The maximum absolute atomic E-state index is 13.1. The molecule has 1 unspecified atom stereocenters. The van der Waals surface area contributed by atoms with Gasteiger partial charge in [0.15, 0.2) is 5.16 Å². The minimum absolute atomic E-state index is 0.0483. The molecule has 1 amide bonds. The van der Waals surface area contributed by atoms with Crippen molar-refractivity contribution in [3.05, 3.63) is 55.4 Å². The third kappa shape index (κ3) is 5.71. The standard InChI is InChI=1S/C21H24BrN3O2S2/c1-13(2)12-25-20(27)17-11-15(22)6-7-18(17)24-21(25)29-14(3)19(26)23-9-8-16-5-4-10-28-16/h4-7,10-11,13-14H,8-9,12H2,1-3H3,(H,23,26). The Hall–Kier alpha value is -1.64. The van der Waals surface area contributed by atoms with Gasteiger partial charge in [0.2, 0.25) is 5.91 Å². The first-order chi connectivity index (χ1) is 13.8. The number of thiophene rings is 1. The number of nitrogens with one attached hydrogen (secondary N) is 1. The number of thioether (sulfide) groups is 1. The number of halogens is 1. The summed E-state index contributed by atoms with van der Waals surface area (Å²) in [6.45, 7) is 7.13. The minimum Gasteiger partial charge on any atom is -0.355 e. The first-order valence-electron chi connectivity index (χ1n) is 9.52. The van der Waals surface area contributed by atoms with Gasteiger partial charge in [0, 0.05) is 22.4 Å². The van der Waals surface area contributed by atoms with Crippen LogP contribution in [0.5, 0.6) is 0 Å². The molecule has 154 valence electrons. The summed E-state index contributed by atoms with van der Waals surface area (Å²) in [6, 6.07) is 9.58. The van der Waals surface area contributed by atoms with Crippen LogP contribution in [0.2, 0.25) is 0 Å². The number of aromatic nitrogens is 2. The predicted molar refractivity (Wildman–Crippen MR) is 125 cm³/mol. The van der Waals surface area contributed by atoms with Gasteiger partial charge in [-0.2, -0.15) is 0 Å². The maximum atomic E-state index is 13.1. The Kier molecular flexibility index (Phi) is 7.54. The molecule has 1 aromatic carbocycles. The summed E-state index contributed by atoms with van der Waals surface area (Å²) in [5.74, 6) is 0.237. The fraction of sp³-hybridized carbons (Fsp3) is 0.381. The van der Waals surface area contributed by atoms with Crippen LogP contribution in [0.1, 0.15) is 25.6 Å². The van der Waals surface area contributed by atoms with E-state index in [0.29, 0.717) is 29.1 Å². The van der Waals surface area contributed by atoms with Crippen molar-refractivity contribution in [1.29, 1.82) is 0 Å². The van der Waals surface area contributed by atoms with Crippen LogP contribution in [0.4, 0.5) is 0 Å². The van der Waals surface area contributed by atoms with Crippen LogP contribution < -0.4 is 10.9 Å². The summed E-state index contributed by atoms with van der Waals surface area (Å²) < 4.78 is 2.54. The van der Waals surface area contributed by atoms with Crippen molar-refractivity contribution in [3.8, 4) is 0 Å². The van der Waals surface area contributed by atoms with Gasteiger partial charge in [0.05, 0.1) is 16.2 Å². The highest BCUT2D eigenvalue weighted by Crippen LogP contribution is 2.24. The van der Waals surface area contributed by atoms with Crippen molar-refractivity contribution < 1.29 is 4.79 Å². The van der Waals surface area contributed by atoms with E-state index in [0.717, 1.165) is 10.9 Å². The molecular weight excluding hydrogens is 470 g/mol. The predicted octanol–water partition coefficient (Wildman–Crippen LogP) is 4.72. The van der Waals surface area contributed by atoms with E-state index >= 15 is 0 Å². The molecule has 8 heteroatoms. The van der Waals surface area contributed by atoms with Gasteiger partial charge in [-0.3, -0.25) is 14.2 Å². The second kappa shape index (κ2) is 9.91. The molecule has 0 aliphatic heterocycles. The molecule has 0 saturated heterocycles. The van der Waals surface area contributed by atoms with Crippen molar-refractivity contribution >= 4 is 55.8 Å². The largest absolute Gasteiger partial charge is 0.355 e. The van der Waals surface area contributed by atoms with Gasteiger partial charge < -0.3 is 5.32 Å². The number of nitrogens with zero attached hydrogens (tertiary/aromatic N) is 2. The molecule has 3 rings (SSSR count). The summed E-state index contributed by atoms with van der Waals surface area (Å²) in [7, 11) is 0. The third-order valence-electron chi connectivity index (χ3n) is 4.33. The molecule has 1 atom stereocenters. The summed E-state index contributed by atoms with van der Waals surface area (Å²) in [5.41, 5.74) is 0.573. The van der Waals surface area contributed by atoms with Crippen molar-refractivity contribution in [2.24, 2.45) is 5.92 Å². The molecule has 0 aliphatic carbocycles. The summed E-state index contributed by atoms with van der Waals surface area (Å²) >= 11 is 6.45. The van der Waals surface area contributed by atoms with Crippen molar-refractivity contribution in [2.75, 3.05) is 6.54 Å². The third-order valence-corrected chi connectivity index (χ3v) is 6.85. The van der Waals surface area contributed by atoms with E-state index < -0.39 is 0 Å². The maximum Gasteiger partial charge on any atom is 0.262 e. The Morgan fingerprint density at radius 3 is 2.79 bits per heavy atom. The Morgan fingerprint density at radius 2 is 2.10 bits per heavy atom. The monoisotopic (exact) mass is 493 g/mol. The molecule has 3 aromatic rings. The highest BCUT2D eigenvalue weighted by atomic mass is 79.9. The van der Waals surface area contributed by atoms with Gasteiger partial charge in [-0.1, -0.05) is 47.6 Å². The molecule has 0 spiro atoms. The molecular formula is C21H24BrN3O2S2. The van der Waals surface area contributed by atoms with E-state index in [1.807, 2.05) is 30.5 Å². The number of hydrogen-bond acceptors (Lipinski definition) is 5. The number of fused-ring (bicyclic) bond motifs is 1. The molecule has 1 N–H and O–H groups in total. The van der Waals surface area contributed by atoms with E-state index in [4.69, 9.17) is 4.98 Å². The van der Waals surface area contributed by atoms with E-state index in [1.54, 1.807) is 22.0 Å². The lowest BCUT2D eigenvalue weighted by molar-refractivity contribution is -0.120. The summed E-state index contributed by atoms with van der Waals surface area (Å²) in [5, 5.41) is 5.83. The average Bonchev–Trinajstić information content (AvgIpc) is 3.18. The highest BCUT2D eigenvalue weighted by molar-refractivity contribution is 9.10. The first kappa shape index (κ1) is 22.1. The summed E-state index contributed by atoms with van der Waals surface area (Å²) in [4.78, 5) is 31.6. The van der Waals surface area contributed by atoms with Crippen molar-refractivity contribution in [2.45, 2.75) is 44.1 Å². The van der Waals surface area contributed by atoms with E-state index in [9.17, 15) is 9.59 Å². The minimum atomic E-state index is -0.350. The van der Waals surface area contributed by atoms with Gasteiger partial charge in [-0.25, -0.2) is 4.98 Å². The lowest BCUT2D eigenvalue weighted by atomic mass is 10.2. The second-order valence-corrected chi connectivity index (χ2v) is 10.5. The van der Waals surface area contributed by atoms with Gasteiger partial charge in [-0.05, 0) is 48.9 Å². The summed E-state index contributed by atoms with van der Waals surface area (Å²) in [6.07, 6.45) is 0.821. The zero-order valence-corrected chi connectivity index (χ0v) is 19.9. The second-order valence-electron chi connectivity index (χ2n) is 7.25. The number of amides is 1. The van der Waals surface area contributed by atoms with Crippen LogP contribution >= 0.6 is 39.0 Å². The molecule has 0 fully saturated rings. The van der Waals surface area contributed by atoms with Crippen LogP contribution in [0.25, 0.3) is 10.9 Å². The number of benzene rings is 1.